The van der Waals surface area contributed by atoms with Gasteiger partial charge in [-0.25, -0.2) is 15.0 Å². The van der Waals surface area contributed by atoms with Gasteiger partial charge >= 0.3 is 0 Å². The quantitative estimate of drug-likeness (QED) is 0.174. The molecule has 0 aliphatic carbocycles. The van der Waals surface area contributed by atoms with Crippen LogP contribution in [0.15, 0.2) is 168 Å². The number of hydrogen-bond acceptors (Lipinski definition) is 5. The summed E-state index contributed by atoms with van der Waals surface area (Å²) < 4.78 is 8.84. The molecule has 0 aliphatic rings. The maximum atomic E-state index is 6.30. The zero-order valence-corrected chi connectivity index (χ0v) is 28.6. The number of para-hydroxylation sites is 2. The third-order valence-corrected chi connectivity index (χ3v) is 11.2. The Bertz CT molecular complexity index is 3180. The highest BCUT2D eigenvalue weighted by atomic mass is 32.1. The SMILES string of the molecule is c1ccc(-c2cc(-c3ccc4c(c3)oc3ccccc34)nc(-c3cccc4c3nc(-c3ccccc3)c3ccc5sc6ccccc6c5c34)n2)cc1. The van der Waals surface area contributed by atoms with E-state index in [0.29, 0.717) is 5.82 Å². The Balaban J connectivity index is 1.22. The van der Waals surface area contributed by atoms with Crippen molar-refractivity contribution in [1.29, 1.82) is 0 Å². The molecule has 242 valence electrons. The first kappa shape index (κ1) is 29.1. The number of rotatable bonds is 4. The van der Waals surface area contributed by atoms with Crippen LogP contribution >= 0.6 is 11.3 Å². The first-order valence-electron chi connectivity index (χ1n) is 17.4. The highest BCUT2D eigenvalue weighted by molar-refractivity contribution is 7.26. The molecule has 4 heterocycles. The van der Waals surface area contributed by atoms with Gasteiger partial charge in [0.05, 0.1) is 22.6 Å². The minimum absolute atomic E-state index is 0.625. The molecule has 11 aromatic rings. The van der Waals surface area contributed by atoms with Gasteiger partial charge in [0.25, 0.3) is 0 Å². The second-order valence-electron chi connectivity index (χ2n) is 13.1. The topological polar surface area (TPSA) is 51.8 Å². The monoisotopic (exact) mass is 681 g/mol. The molecule has 0 atom stereocenters. The fourth-order valence-electron chi connectivity index (χ4n) is 7.69. The van der Waals surface area contributed by atoms with Crippen molar-refractivity contribution in [3.8, 4) is 45.2 Å². The van der Waals surface area contributed by atoms with Crippen LogP contribution in [0.3, 0.4) is 0 Å². The lowest BCUT2D eigenvalue weighted by molar-refractivity contribution is 0.669. The van der Waals surface area contributed by atoms with Gasteiger partial charge in [-0.2, -0.15) is 0 Å². The van der Waals surface area contributed by atoms with E-state index in [-0.39, 0.29) is 0 Å². The number of pyridine rings is 1. The lowest BCUT2D eigenvalue weighted by Crippen LogP contribution is -1.98. The van der Waals surface area contributed by atoms with Crippen LogP contribution < -0.4 is 0 Å². The molecule has 4 aromatic heterocycles. The summed E-state index contributed by atoms with van der Waals surface area (Å²) in [6, 6.07) is 57.0. The smallest absolute Gasteiger partial charge is 0.162 e. The molecule has 0 amide bonds. The fraction of sp³-hybridized carbons (Fsp3) is 0. The second kappa shape index (κ2) is 11.4. The van der Waals surface area contributed by atoms with E-state index in [1.807, 2.05) is 47.7 Å². The minimum atomic E-state index is 0.625. The van der Waals surface area contributed by atoms with Crippen molar-refractivity contribution < 1.29 is 4.42 Å². The van der Waals surface area contributed by atoms with Gasteiger partial charge in [0, 0.05) is 69.4 Å². The Morgan fingerprint density at radius 1 is 0.404 bits per heavy atom. The molecule has 0 aliphatic heterocycles. The summed E-state index contributed by atoms with van der Waals surface area (Å²) in [5.74, 6) is 0.625. The molecular weight excluding hydrogens is 655 g/mol. The normalized spacial score (nSPS) is 11.8. The Labute approximate surface area is 302 Å². The van der Waals surface area contributed by atoms with Gasteiger partial charge in [0.1, 0.15) is 11.2 Å². The maximum absolute atomic E-state index is 6.30. The standard InChI is InChI=1S/C47H27N3OS/c1-3-12-28(13-4-1)37-27-38(30-22-23-32-31-16-7-9-20-39(31)51-40(32)26-30)49-47(48-37)36-19-11-18-34-43-35(45(50-46(34)36)29-14-5-2-6-15-29)24-25-42-44(43)33-17-8-10-21-41(33)52-42/h1-27H. The van der Waals surface area contributed by atoms with Gasteiger partial charge in [-0.1, -0.05) is 121 Å². The van der Waals surface area contributed by atoms with Gasteiger partial charge in [0.2, 0.25) is 0 Å². The van der Waals surface area contributed by atoms with Crippen LogP contribution in [0.25, 0.3) is 109 Å². The molecule has 11 rings (SSSR count). The molecule has 0 saturated heterocycles. The fourth-order valence-corrected chi connectivity index (χ4v) is 8.80. The molecule has 52 heavy (non-hydrogen) atoms. The third-order valence-electron chi connectivity index (χ3n) is 10.1. The van der Waals surface area contributed by atoms with Crippen LogP contribution in [0.1, 0.15) is 0 Å². The minimum Gasteiger partial charge on any atom is -0.456 e. The Morgan fingerprint density at radius 2 is 1.08 bits per heavy atom. The van der Waals surface area contributed by atoms with Crippen LogP contribution in [-0.2, 0) is 0 Å². The number of nitrogens with zero attached hydrogens (tertiary/aromatic N) is 3. The van der Waals surface area contributed by atoms with E-state index in [2.05, 4.69) is 127 Å². The summed E-state index contributed by atoms with van der Waals surface area (Å²) in [4.78, 5) is 16.1. The van der Waals surface area contributed by atoms with E-state index in [1.165, 1.54) is 25.6 Å². The van der Waals surface area contributed by atoms with Crippen LogP contribution in [0.2, 0.25) is 0 Å². The van der Waals surface area contributed by atoms with Crippen molar-refractivity contribution in [1.82, 2.24) is 15.0 Å². The first-order valence-corrected chi connectivity index (χ1v) is 18.2. The molecule has 0 radical (unpaired) electrons. The predicted octanol–water partition coefficient (Wildman–Crippen LogP) is 13.1. The Hall–Kier alpha value is -6.69. The Kier molecular flexibility index (Phi) is 6.39. The summed E-state index contributed by atoms with van der Waals surface area (Å²) in [5, 5.41) is 8.13. The largest absolute Gasteiger partial charge is 0.456 e. The van der Waals surface area contributed by atoms with Crippen molar-refractivity contribution in [3.05, 3.63) is 164 Å². The highest BCUT2D eigenvalue weighted by Crippen LogP contribution is 2.45. The van der Waals surface area contributed by atoms with Crippen LogP contribution in [-0.4, -0.2) is 15.0 Å². The van der Waals surface area contributed by atoms with E-state index in [1.54, 1.807) is 0 Å². The molecule has 0 N–H and O–H groups in total. The number of benzene rings is 7. The van der Waals surface area contributed by atoms with Crippen molar-refractivity contribution in [2.24, 2.45) is 0 Å². The Morgan fingerprint density at radius 3 is 1.92 bits per heavy atom. The summed E-state index contributed by atoms with van der Waals surface area (Å²) >= 11 is 1.84. The van der Waals surface area contributed by atoms with E-state index in [0.717, 1.165) is 77.6 Å². The van der Waals surface area contributed by atoms with Gasteiger partial charge in [-0.3, -0.25) is 0 Å². The molecule has 7 aromatic carbocycles. The predicted molar refractivity (Wildman–Crippen MR) is 217 cm³/mol. The zero-order chi connectivity index (χ0) is 34.2. The average molecular weight is 682 g/mol. The van der Waals surface area contributed by atoms with E-state index in [4.69, 9.17) is 19.4 Å². The molecule has 5 heteroatoms. The third kappa shape index (κ3) is 4.50. The molecule has 4 nitrogen and oxygen atoms in total. The zero-order valence-electron chi connectivity index (χ0n) is 27.7. The average Bonchev–Trinajstić information content (AvgIpc) is 3.79. The van der Waals surface area contributed by atoms with E-state index < -0.39 is 0 Å². The lowest BCUT2D eigenvalue weighted by atomic mass is 9.95. The van der Waals surface area contributed by atoms with Crippen molar-refractivity contribution in [2.75, 3.05) is 0 Å². The molecule has 0 fully saturated rings. The van der Waals surface area contributed by atoms with Crippen LogP contribution in [0.5, 0.6) is 0 Å². The maximum Gasteiger partial charge on any atom is 0.162 e. The van der Waals surface area contributed by atoms with Crippen molar-refractivity contribution in [3.63, 3.8) is 0 Å². The molecule has 0 spiro atoms. The summed E-state index contributed by atoms with van der Waals surface area (Å²) in [6.45, 7) is 0. The van der Waals surface area contributed by atoms with Gasteiger partial charge in [-0.05, 0) is 42.5 Å². The summed E-state index contributed by atoms with van der Waals surface area (Å²) in [7, 11) is 0. The number of hydrogen-bond donors (Lipinski definition) is 0. The summed E-state index contributed by atoms with van der Waals surface area (Å²) in [6.07, 6.45) is 0. The summed E-state index contributed by atoms with van der Waals surface area (Å²) in [5.41, 5.74) is 9.13. The second-order valence-corrected chi connectivity index (χ2v) is 14.2. The molecule has 0 unspecified atom stereocenters. The van der Waals surface area contributed by atoms with Crippen LogP contribution in [0, 0.1) is 0 Å². The van der Waals surface area contributed by atoms with Crippen molar-refractivity contribution in [2.45, 2.75) is 0 Å². The van der Waals surface area contributed by atoms with Gasteiger partial charge < -0.3 is 4.42 Å². The highest BCUT2D eigenvalue weighted by Gasteiger charge is 2.20. The van der Waals surface area contributed by atoms with E-state index in [9.17, 15) is 0 Å². The number of aromatic nitrogens is 3. The first-order chi connectivity index (χ1) is 25.8. The van der Waals surface area contributed by atoms with E-state index >= 15 is 0 Å². The number of furan rings is 1. The lowest BCUT2D eigenvalue weighted by Gasteiger charge is -2.15. The number of thiophene rings is 1. The molecular formula is C47H27N3OS. The molecule has 0 saturated carbocycles. The van der Waals surface area contributed by atoms with Crippen LogP contribution in [0.4, 0.5) is 0 Å². The van der Waals surface area contributed by atoms with Gasteiger partial charge in [0.15, 0.2) is 5.82 Å². The van der Waals surface area contributed by atoms with Crippen molar-refractivity contribution >= 4 is 75.1 Å². The molecule has 0 bridgehead atoms. The number of fused-ring (bicyclic) bond motifs is 10. The van der Waals surface area contributed by atoms with Gasteiger partial charge in [-0.15, -0.1) is 11.3 Å².